The molecule has 0 unspecified atom stereocenters. The molecule has 4 aromatic rings. The Morgan fingerprint density at radius 1 is 1.06 bits per heavy atom. The first-order valence-electron chi connectivity index (χ1n) is 12.4. The standard InChI is InChI=1S/C27H30N6O/c1-17-14-18(2)24-20(15-17)16-22(27(34)28-24)25(32-13-12-19-8-6-7-11-23(19)32)26-29-30-31-33(26)21-9-4-3-5-10-21/h6-8,11,14-16,21,25H,3-5,9-10,12-13H2,1-2H3,(H,28,34)/t25-/m0/s1. The van der Waals surface area contributed by atoms with Gasteiger partial charge in [0.05, 0.1) is 11.6 Å². The Morgan fingerprint density at radius 2 is 1.88 bits per heavy atom. The van der Waals surface area contributed by atoms with Crippen LogP contribution in [0.2, 0.25) is 0 Å². The van der Waals surface area contributed by atoms with E-state index in [4.69, 9.17) is 0 Å². The van der Waals surface area contributed by atoms with E-state index in [1.54, 1.807) is 0 Å². The highest BCUT2D eigenvalue weighted by Crippen LogP contribution is 2.39. The highest BCUT2D eigenvalue weighted by molar-refractivity contribution is 5.83. The van der Waals surface area contributed by atoms with Crippen molar-refractivity contribution in [2.24, 2.45) is 0 Å². The van der Waals surface area contributed by atoms with Gasteiger partial charge in [-0.3, -0.25) is 4.79 Å². The molecule has 1 N–H and O–H groups in total. The summed E-state index contributed by atoms with van der Waals surface area (Å²) in [5.74, 6) is 0.762. The second kappa shape index (κ2) is 8.38. The van der Waals surface area contributed by atoms with E-state index in [1.807, 2.05) is 11.6 Å². The van der Waals surface area contributed by atoms with E-state index in [9.17, 15) is 4.79 Å². The molecule has 174 valence electrons. The molecule has 2 aromatic carbocycles. The number of aryl methyl sites for hydroxylation is 2. The SMILES string of the molecule is Cc1cc(C)c2[nH]c(=O)c([C@@H](c3nnnn3C3CCCCC3)N3CCc4ccccc43)cc2c1. The van der Waals surface area contributed by atoms with E-state index in [2.05, 4.69) is 74.8 Å². The molecule has 6 rings (SSSR count). The van der Waals surface area contributed by atoms with Gasteiger partial charge in [0, 0.05) is 17.8 Å². The summed E-state index contributed by atoms with van der Waals surface area (Å²) in [5, 5.41) is 14.2. The van der Waals surface area contributed by atoms with Gasteiger partial charge in [-0.2, -0.15) is 0 Å². The van der Waals surface area contributed by atoms with Gasteiger partial charge in [0.15, 0.2) is 5.82 Å². The first kappa shape index (κ1) is 21.1. The zero-order chi connectivity index (χ0) is 23.2. The summed E-state index contributed by atoms with van der Waals surface area (Å²) in [6.07, 6.45) is 6.75. The first-order chi connectivity index (χ1) is 16.6. The van der Waals surface area contributed by atoms with Gasteiger partial charge < -0.3 is 9.88 Å². The minimum Gasteiger partial charge on any atom is -0.357 e. The summed E-state index contributed by atoms with van der Waals surface area (Å²) in [6.45, 7) is 4.96. The minimum absolute atomic E-state index is 0.0768. The molecule has 1 aliphatic carbocycles. The zero-order valence-corrected chi connectivity index (χ0v) is 19.8. The number of H-pyrrole nitrogens is 1. The summed E-state index contributed by atoms with van der Waals surface area (Å²) in [4.78, 5) is 19.1. The molecule has 34 heavy (non-hydrogen) atoms. The Labute approximate surface area is 198 Å². The van der Waals surface area contributed by atoms with Crippen LogP contribution in [0.25, 0.3) is 10.9 Å². The van der Waals surface area contributed by atoms with E-state index in [1.165, 1.54) is 30.4 Å². The van der Waals surface area contributed by atoms with Gasteiger partial charge in [-0.05, 0) is 78.2 Å². The van der Waals surface area contributed by atoms with E-state index < -0.39 is 0 Å². The van der Waals surface area contributed by atoms with E-state index >= 15 is 0 Å². The van der Waals surface area contributed by atoms with Gasteiger partial charge in [0.2, 0.25) is 0 Å². The van der Waals surface area contributed by atoms with Gasteiger partial charge >= 0.3 is 0 Å². The number of pyridine rings is 1. The second-order valence-corrected chi connectivity index (χ2v) is 9.85. The van der Waals surface area contributed by atoms with Crippen molar-refractivity contribution in [3.8, 4) is 0 Å². The Hall–Kier alpha value is -3.48. The van der Waals surface area contributed by atoms with E-state index in [0.29, 0.717) is 5.56 Å². The molecule has 1 atom stereocenters. The average molecular weight is 455 g/mol. The number of aromatic amines is 1. The van der Waals surface area contributed by atoms with Gasteiger partial charge in [-0.15, -0.1) is 5.10 Å². The van der Waals surface area contributed by atoms with Crippen LogP contribution in [0.15, 0.2) is 47.3 Å². The number of aromatic nitrogens is 5. The van der Waals surface area contributed by atoms with Gasteiger partial charge in [-0.1, -0.05) is 49.1 Å². The Morgan fingerprint density at radius 3 is 2.74 bits per heavy atom. The van der Waals surface area contributed by atoms with Crippen molar-refractivity contribution in [2.45, 2.75) is 64.5 Å². The first-order valence-corrected chi connectivity index (χ1v) is 12.4. The average Bonchev–Trinajstić information content (AvgIpc) is 3.49. The molecule has 7 heteroatoms. The van der Waals surface area contributed by atoms with Crippen molar-refractivity contribution < 1.29 is 0 Å². The number of nitrogens with zero attached hydrogens (tertiary/aromatic N) is 5. The quantitative estimate of drug-likeness (QED) is 0.480. The molecule has 0 amide bonds. The number of fused-ring (bicyclic) bond motifs is 2. The molecule has 0 spiro atoms. The number of benzene rings is 2. The third kappa shape index (κ3) is 3.50. The lowest BCUT2D eigenvalue weighted by Gasteiger charge is -2.31. The molecule has 0 bridgehead atoms. The topological polar surface area (TPSA) is 79.7 Å². The Balaban J connectivity index is 1.56. The van der Waals surface area contributed by atoms with Crippen LogP contribution in [0, 0.1) is 13.8 Å². The molecule has 7 nitrogen and oxygen atoms in total. The molecular weight excluding hydrogens is 424 g/mol. The van der Waals surface area contributed by atoms with Gasteiger partial charge in [0.1, 0.15) is 6.04 Å². The van der Waals surface area contributed by atoms with Crippen molar-refractivity contribution in [1.82, 2.24) is 25.2 Å². The normalized spacial score (nSPS) is 17.3. The van der Waals surface area contributed by atoms with Crippen LogP contribution in [-0.2, 0) is 6.42 Å². The molecule has 3 heterocycles. The third-order valence-corrected chi connectivity index (χ3v) is 7.53. The summed E-state index contributed by atoms with van der Waals surface area (Å²) in [6, 6.07) is 14.7. The lowest BCUT2D eigenvalue weighted by molar-refractivity contribution is 0.313. The summed E-state index contributed by atoms with van der Waals surface area (Å²) in [5.41, 5.74) is 6.23. The minimum atomic E-state index is -0.352. The van der Waals surface area contributed by atoms with Crippen LogP contribution in [0.5, 0.6) is 0 Å². The summed E-state index contributed by atoms with van der Waals surface area (Å²) >= 11 is 0. The number of para-hydroxylation sites is 1. The predicted molar refractivity (Wildman–Crippen MR) is 133 cm³/mol. The fourth-order valence-electron chi connectivity index (χ4n) is 5.95. The smallest absolute Gasteiger partial charge is 0.254 e. The third-order valence-electron chi connectivity index (χ3n) is 7.53. The molecule has 2 aliphatic rings. The van der Waals surface area contributed by atoms with E-state index in [-0.39, 0.29) is 17.6 Å². The van der Waals surface area contributed by atoms with E-state index in [0.717, 1.165) is 53.8 Å². The van der Waals surface area contributed by atoms with Crippen LogP contribution in [-0.4, -0.2) is 31.7 Å². The van der Waals surface area contributed by atoms with Crippen LogP contribution in [0.4, 0.5) is 5.69 Å². The van der Waals surface area contributed by atoms with Crippen molar-refractivity contribution >= 4 is 16.6 Å². The highest BCUT2D eigenvalue weighted by Gasteiger charge is 2.35. The van der Waals surface area contributed by atoms with Crippen LogP contribution < -0.4 is 10.5 Å². The lowest BCUT2D eigenvalue weighted by atomic mass is 9.95. The largest absolute Gasteiger partial charge is 0.357 e. The summed E-state index contributed by atoms with van der Waals surface area (Å²) < 4.78 is 2.01. The maximum absolute atomic E-state index is 13.6. The molecule has 1 saturated carbocycles. The number of rotatable bonds is 4. The predicted octanol–water partition coefficient (Wildman–Crippen LogP) is 4.79. The number of nitrogens with one attached hydrogen (secondary N) is 1. The van der Waals surface area contributed by atoms with Crippen LogP contribution in [0.1, 0.15) is 72.3 Å². The lowest BCUT2D eigenvalue weighted by Crippen LogP contribution is -2.35. The molecule has 2 aromatic heterocycles. The number of hydrogen-bond donors (Lipinski definition) is 1. The number of anilines is 1. The van der Waals surface area contributed by atoms with Gasteiger partial charge in [-0.25, -0.2) is 4.68 Å². The number of tetrazole rings is 1. The molecule has 0 radical (unpaired) electrons. The van der Waals surface area contributed by atoms with Crippen molar-refractivity contribution in [2.75, 3.05) is 11.4 Å². The van der Waals surface area contributed by atoms with Crippen molar-refractivity contribution in [1.29, 1.82) is 0 Å². The maximum Gasteiger partial charge on any atom is 0.254 e. The summed E-state index contributed by atoms with van der Waals surface area (Å²) in [7, 11) is 0. The van der Waals surface area contributed by atoms with Crippen molar-refractivity contribution in [3.05, 3.63) is 80.9 Å². The van der Waals surface area contributed by atoms with Crippen LogP contribution in [0.3, 0.4) is 0 Å². The van der Waals surface area contributed by atoms with Crippen molar-refractivity contribution in [3.63, 3.8) is 0 Å². The number of hydrogen-bond acceptors (Lipinski definition) is 5. The molecular formula is C27H30N6O. The fraction of sp³-hybridized carbons (Fsp3) is 0.407. The van der Waals surface area contributed by atoms with Gasteiger partial charge in [0.25, 0.3) is 5.56 Å². The molecule has 1 aliphatic heterocycles. The Bertz CT molecular complexity index is 1410. The monoisotopic (exact) mass is 454 g/mol. The molecule has 0 saturated heterocycles. The Kier molecular flexibility index (Phi) is 5.20. The van der Waals surface area contributed by atoms with Crippen LogP contribution >= 0.6 is 0 Å². The second-order valence-electron chi connectivity index (χ2n) is 9.85. The zero-order valence-electron chi connectivity index (χ0n) is 19.8. The maximum atomic E-state index is 13.6. The fourth-order valence-corrected chi connectivity index (χ4v) is 5.95. The molecule has 1 fully saturated rings. The highest BCUT2D eigenvalue weighted by atomic mass is 16.1.